The molecule has 0 saturated heterocycles. The number of nitrogens with one attached hydrogen (secondary N) is 1. The Kier molecular flexibility index (Phi) is 7.01. The van der Waals surface area contributed by atoms with Gasteiger partial charge in [-0.25, -0.2) is 5.43 Å². The van der Waals surface area contributed by atoms with E-state index < -0.39 is 5.97 Å². The van der Waals surface area contributed by atoms with Crippen LogP contribution in [0.25, 0.3) is 0 Å². The summed E-state index contributed by atoms with van der Waals surface area (Å²) in [5.74, 6) is -1.34. The number of nitrogens with zero attached hydrogens (tertiary/aromatic N) is 1. The molecule has 0 saturated carbocycles. The number of carboxylic acid groups (broad SMARTS) is 1. The van der Waals surface area contributed by atoms with E-state index in [-0.39, 0.29) is 63.1 Å². The third-order valence-corrected chi connectivity index (χ3v) is 4.16. The maximum absolute atomic E-state index is 12.1. The first-order chi connectivity index (χ1) is 11.5. The van der Waals surface area contributed by atoms with E-state index >= 15 is 0 Å². The third kappa shape index (κ3) is 4.42. The number of benzene rings is 1. The third-order valence-electron chi connectivity index (χ3n) is 3.91. The maximum atomic E-state index is 12.1. The summed E-state index contributed by atoms with van der Waals surface area (Å²) in [4.78, 5) is 23.2. The van der Waals surface area contributed by atoms with Crippen LogP contribution in [0, 0.1) is 6.92 Å². The minimum Gasteiger partial charge on any atom is -0.542 e. The van der Waals surface area contributed by atoms with Gasteiger partial charge in [0.2, 0.25) is 0 Å². The Morgan fingerprint density at radius 2 is 1.92 bits per heavy atom. The Balaban J connectivity index is 0.00000225. The number of carbonyl (C=O) groups is 2. The molecule has 0 fully saturated rings. The van der Waals surface area contributed by atoms with Gasteiger partial charge in [0.25, 0.3) is 5.91 Å². The van der Waals surface area contributed by atoms with Crippen molar-refractivity contribution in [1.82, 2.24) is 5.43 Å². The van der Waals surface area contributed by atoms with Gasteiger partial charge in [-0.15, -0.1) is 0 Å². The maximum Gasteiger partial charge on any atom is 1.00 e. The molecule has 1 amide bonds. The number of amides is 1. The summed E-state index contributed by atoms with van der Waals surface area (Å²) in [5.41, 5.74) is 4.66. The Morgan fingerprint density at radius 1 is 1.24 bits per heavy atom. The zero-order chi connectivity index (χ0) is 17.3. The van der Waals surface area contributed by atoms with Gasteiger partial charge < -0.3 is 14.3 Å². The van der Waals surface area contributed by atoms with Crippen molar-refractivity contribution in [3.8, 4) is 0 Å². The van der Waals surface area contributed by atoms with Crippen LogP contribution < -0.4 is 61.9 Å². The molecule has 124 valence electrons. The number of halogens is 1. The van der Waals surface area contributed by atoms with E-state index in [0.717, 1.165) is 6.42 Å². The van der Waals surface area contributed by atoms with Crippen LogP contribution in [0.5, 0.6) is 0 Å². The summed E-state index contributed by atoms with van der Waals surface area (Å²) >= 11 is 5.79. The van der Waals surface area contributed by atoms with Crippen LogP contribution in [0.1, 0.15) is 50.6 Å². The molecule has 1 heterocycles. The second-order valence-corrected chi connectivity index (χ2v) is 5.94. The standard InChI is InChI=1S/C17H15ClN2O4.K/c1-9-14-12(3-2-4-13(14)24-15(9)17(22)23)19-20-16(21)10-5-7-11(18)8-6-10;/h5-8H,2-4H2,1H3,(H,20,21)(H,22,23);/q;+1/p-1/b19-12+;. The number of carbonyl (C=O) groups excluding carboxylic acids is 2. The van der Waals surface area contributed by atoms with Crippen molar-refractivity contribution in [1.29, 1.82) is 0 Å². The fourth-order valence-corrected chi connectivity index (χ4v) is 2.88. The van der Waals surface area contributed by atoms with E-state index in [1.165, 1.54) is 0 Å². The number of hydrogen-bond donors (Lipinski definition) is 1. The molecule has 1 aromatic heterocycles. The van der Waals surface area contributed by atoms with Crippen LogP contribution in [0.3, 0.4) is 0 Å². The van der Waals surface area contributed by atoms with E-state index in [0.29, 0.717) is 46.0 Å². The van der Waals surface area contributed by atoms with Gasteiger partial charge in [0, 0.05) is 28.1 Å². The summed E-state index contributed by atoms with van der Waals surface area (Å²) in [5, 5.41) is 15.8. The first-order valence-electron chi connectivity index (χ1n) is 7.44. The number of aryl methyl sites for hydroxylation is 1. The van der Waals surface area contributed by atoms with Gasteiger partial charge >= 0.3 is 51.4 Å². The number of hydrogen-bond acceptors (Lipinski definition) is 5. The molecular weight excluding hydrogens is 371 g/mol. The number of rotatable bonds is 3. The van der Waals surface area contributed by atoms with Gasteiger partial charge in [-0.1, -0.05) is 11.6 Å². The molecule has 1 aliphatic carbocycles. The number of hydrazone groups is 1. The van der Waals surface area contributed by atoms with Crippen LogP contribution in [-0.4, -0.2) is 17.6 Å². The largest absolute Gasteiger partial charge is 1.00 e. The average Bonchev–Trinajstić information content (AvgIpc) is 2.91. The Bertz CT molecular complexity index is 843. The van der Waals surface area contributed by atoms with Gasteiger partial charge in [-0.3, -0.25) is 4.79 Å². The fraction of sp³-hybridized carbons (Fsp3) is 0.235. The van der Waals surface area contributed by atoms with E-state index in [1.807, 2.05) is 0 Å². The van der Waals surface area contributed by atoms with Crippen molar-refractivity contribution in [2.45, 2.75) is 26.2 Å². The van der Waals surface area contributed by atoms with Crippen LogP contribution in [-0.2, 0) is 6.42 Å². The van der Waals surface area contributed by atoms with E-state index in [1.54, 1.807) is 31.2 Å². The van der Waals surface area contributed by atoms with Crippen molar-refractivity contribution < 1.29 is 70.5 Å². The zero-order valence-corrected chi connectivity index (χ0v) is 17.8. The second kappa shape index (κ2) is 8.61. The fourth-order valence-electron chi connectivity index (χ4n) is 2.76. The summed E-state index contributed by atoms with van der Waals surface area (Å²) in [6.07, 6.45) is 2.02. The zero-order valence-electron chi connectivity index (χ0n) is 13.9. The molecule has 0 bridgehead atoms. The minimum atomic E-state index is -1.36. The molecule has 1 aliphatic rings. The molecule has 1 N–H and O–H groups in total. The topological polar surface area (TPSA) is 94.7 Å². The molecule has 1 aromatic carbocycles. The monoisotopic (exact) mass is 384 g/mol. The molecule has 2 aromatic rings. The van der Waals surface area contributed by atoms with Crippen molar-refractivity contribution in [3.63, 3.8) is 0 Å². The molecule has 8 heteroatoms. The molecule has 0 spiro atoms. The molecule has 6 nitrogen and oxygen atoms in total. The molecular formula is C17H14ClKN2O4. The van der Waals surface area contributed by atoms with Gasteiger partial charge in [-0.05, 0) is 44.0 Å². The minimum absolute atomic E-state index is 0. The Labute approximate surface area is 192 Å². The Hall–Kier alpha value is -0.964. The summed E-state index contributed by atoms with van der Waals surface area (Å²) < 4.78 is 5.36. The number of aromatic carboxylic acids is 1. The predicted octanol–water partition coefficient (Wildman–Crippen LogP) is -0.921. The molecule has 0 radical (unpaired) electrons. The van der Waals surface area contributed by atoms with Gasteiger partial charge in [0.1, 0.15) is 11.7 Å². The van der Waals surface area contributed by atoms with Crippen LogP contribution in [0.4, 0.5) is 0 Å². The molecule has 3 rings (SSSR count). The smallest absolute Gasteiger partial charge is 0.542 e. The van der Waals surface area contributed by atoms with Crippen molar-refractivity contribution in [3.05, 3.63) is 57.5 Å². The average molecular weight is 385 g/mol. The van der Waals surface area contributed by atoms with Crippen molar-refractivity contribution in [2.24, 2.45) is 5.10 Å². The van der Waals surface area contributed by atoms with E-state index in [4.69, 9.17) is 16.0 Å². The number of furan rings is 1. The second-order valence-electron chi connectivity index (χ2n) is 5.50. The molecule has 0 unspecified atom stereocenters. The van der Waals surface area contributed by atoms with Gasteiger partial charge in [0.15, 0.2) is 5.76 Å². The molecule has 0 atom stereocenters. The number of fused-ring (bicyclic) bond motifs is 1. The van der Waals surface area contributed by atoms with Gasteiger partial charge in [-0.2, -0.15) is 5.10 Å². The molecule has 25 heavy (non-hydrogen) atoms. The van der Waals surface area contributed by atoms with E-state index in [9.17, 15) is 14.7 Å². The Morgan fingerprint density at radius 3 is 2.56 bits per heavy atom. The van der Waals surface area contributed by atoms with Crippen molar-refractivity contribution >= 4 is 29.2 Å². The SMILES string of the molecule is Cc1c(C(=O)[O-])oc2c1/C(=N/NC(=O)c1ccc(Cl)cc1)CCC2.[K+]. The first kappa shape index (κ1) is 20.3. The normalized spacial score (nSPS) is 14.6. The van der Waals surface area contributed by atoms with E-state index in [2.05, 4.69) is 10.5 Å². The summed E-state index contributed by atoms with van der Waals surface area (Å²) in [7, 11) is 0. The summed E-state index contributed by atoms with van der Waals surface area (Å²) in [6.45, 7) is 1.65. The molecule has 0 aliphatic heterocycles. The quantitative estimate of drug-likeness (QED) is 0.547. The van der Waals surface area contributed by atoms with Crippen LogP contribution >= 0.6 is 11.6 Å². The van der Waals surface area contributed by atoms with Gasteiger partial charge in [0.05, 0.1) is 5.71 Å². The number of carboxylic acids is 1. The van der Waals surface area contributed by atoms with Crippen molar-refractivity contribution in [2.75, 3.05) is 0 Å². The van der Waals surface area contributed by atoms with Crippen LogP contribution in [0.2, 0.25) is 5.02 Å². The first-order valence-corrected chi connectivity index (χ1v) is 7.81. The van der Waals surface area contributed by atoms with Crippen LogP contribution in [0.15, 0.2) is 33.8 Å². The summed E-state index contributed by atoms with van der Waals surface area (Å²) in [6, 6.07) is 6.44. The predicted molar refractivity (Wildman–Crippen MR) is 86.2 cm³/mol.